The highest BCUT2D eigenvalue weighted by atomic mass is 16.2. The third-order valence-corrected chi connectivity index (χ3v) is 1.46. The number of nitriles is 1. The van der Waals surface area contributed by atoms with Crippen LogP contribution in [0.15, 0.2) is 0 Å². The molecule has 0 fully saturated rings. The van der Waals surface area contributed by atoms with Crippen molar-refractivity contribution in [1.82, 2.24) is 10.6 Å². The summed E-state index contributed by atoms with van der Waals surface area (Å²) in [4.78, 5) is 21.6. The molecule has 2 amide bonds. The van der Waals surface area contributed by atoms with Crippen LogP contribution in [-0.2, 0) is 9.59 Å². The van der Waals surface area contributed by atoms with Crippen molar-refractivity contribution in [3.8, 4) is 6.07 Å². The van der Waals surface area contributed by atoms with Crippen LogP contribution in [0.2, 0.25) is 0 Å². The summed E-state index contributed by atoms with van der Waals surface area (Å²) in [5.74, 6) is -0.938. The second-order valence-electron chi connectivity index (χ2n) is 2.82. The topological polar surface area (TPSA) is 108 Å². The van der Waals surface area contributed by atoms with Gasteiger partial charge in [-0.25, -0.2) is 0 Å². The van der Waals surface area contributed by atoms with Crippen molar-refractivity contribution in [2.45, 2.75) is 6.92 Å². The van der Waals surface area contributed by atoms with Gasteiger partial charge in [0.05, 0.1) is 25.1 Å². The van der Waals surface area contributed by atoms with E-state index in [9.17, 15) is 9.59 Å². The molecule has 0 aliphatic rings. The molecule has 1 atom stereocenters. The fraction of sp³-hybridized carbons (Fsp3) is 0.625. The van der Waals surface area contributed by atoms with Gasteiger partial charge in [-0.1, -0.05) is 0 Å². The lowest BCUT2D eigenvalue weighted by atomic mass is 10.2. The zero-order valence-electron chi connectivity index (χ0n) is 8.04. The summed E-state index contributed by atoms with van der Waals surface area (Å²) in [5, 5.41) is 13.2. The van der Waals surface area contributed by atoms with E-state index >= 15 is 0 Å². The summed E-state index contributed by atoms with van der Waals surface area (Å²) < 4.78 is 0. The molecule has 0 spiro atoms. The maximum absolute atomic E-state index is 11.0. The van der Waals surface area contributed by atoms with E-state index in [0.717, 1.165) is 0 Å². The number of amides is 2. The van der Waals surface area contributed by atoms with Crippen LogP contribution in [0.25, 0.3) is 0 Å². The lowest BCUT2D eigenvalue weighted by Crippen LogP contribution is -2.40. The minimum atomic E-state index is -0.381. The molecule has 6 heteroatoms. The van der Waals surface area contributed by atoms with E-state index in [1.165, 1.54) is 0 Å². The van der Waals surface area contributed by atoms with Crippen LogP contribution in [0.4, 0.5) is 0 Å². The predicted molar refractivity (Wildman–Crippen MR) is 49.9 cm³/mol. The number of nitrogens with two attached hydrogens (primary N) is 1. The fourth-order valence-corrected chi connectivity index (χ4v) is 0.626. The van der Waals surface area contributed by atoms with Crippen LogP contribution in [0.3, 0.4) is 0 Å². The van der Waals surface area contributed by atoms with Gasteiger partial charge in [0.25, 0.3) is 0 Å². The van der Waals surface area contributed by atoms with Crippen LogP contribution in [0.5, 0.6) is 0 Å². The first-order valence-electron chi connectivity index (χ1n) is 4.23. The first kappa shape index (κ1) is 12.4. The monoisotopic (exact) mass is 198 g/mol. The molecular formula is C8H14N4O2. The smallest absolute Gasteiger partial charge is 0.239 e. The van der Waals surface area contributed by atoms with E-state index in [4.69, 9.17) is 11.0 Å². The molecule has 14 heavy (non-hydrogen) atoms. The summed E-state index contributed by atoms with van der Waals surface area (Å²) >= 11 is 0. The number of hydrogen-bond donors (Lipinski definition) is 3. The van der Waals surface area contributed by atoms with Gasteiger partial charge in [-0.2, -0.15) is 5.26 Å². The molecule has 4 N–H and O–H groups in total. The van der Waals surface area contributed by atoms with Gasteiger partial charge < -0.3 is 16.4 Å². The number of nitrogens with zero attached hydrogens (tertiary/aromatic N) is 1. The van der Waals surface area contributed by atoms with E-state index in [2.05, 4.69) is 10.6 Å². The molecule has 6 nitrogen and oxygen atoms in total. The van der Waals surface area contributed by atoms with Gasteiger partial charge in [0.1, 0.15) is 0 Å². The number of carbonyl (C=O) groups excluding carboxylic acids is 2. The number of hydrogen-bond acceptors (Lipinski definition) is 4. The molecule has 0 heterocycles. The Morgan fingerprint density at radius 1 is 1.43 bits per heavy atom. The van der Waals surface area contributed by atoms with Crippen molar-refractivity contribution in [2.24, 2.45) is 11.7 Å². The standard InChI is InChI=1S/C8H14N4O2/c1-6(2-9)4-11-8(14)5-12-7(13)3-10/h6H,3-5,10H2,1H3,(H,11,14)(H,12,13). The molecule has 78 valence electrons. The largest absolute Gasteiger partial charge is 0.353 e. The maximum atomic E-state index is 11.0. The average molecular weight is 198 g/mol. The highest BCUT2D eigenvalue weighted by Gasteiger charge is 2.05. The first-order valence-corrected chi connectivity index (χ1v) is 4.23. The normalized spacial score (nSPS) is 11.2. The van der Waals surface area contributed by atoms with Crippen molar-refractivity contribution >= 4 is 11.8 Å². The lowest BCUT2D eigenvalue weighted by molar-refractivity contribution is -0.125. The van der Waals surface area contributed by atoms with Gasteiger partial charge in [0, 0.05) is 6.54 Å². The van der Waals surface area contributed by atoms with Gasteiger partial charge in [-0.15, -0.1) is 0 Å². The van der Waals surface area contributed by atoms with Crippen LogP contribution < -0.4 is 16.4 Å². The Hall–Kier alpha value is -1.61. The Bertz CT molecular complexity index is 246. The molecular weight excluding hydrogens is 184 g/mol. The van der Waals surface area contributed by atoms with Crippen LogP contribution >= 0.6 is 0 Å². The Balaban J connectivity index is 3.57. The third kappa shape index (κ3) is 5.97. The summed E-state index contributed by atoms with van der Waals surface area (Å²) in [6.07, 6.45) is 0. The van der Waals surface area contributed by atoms with Crippen LogP contribution in [0.1, 0.15) is 6.92 Å². The van der Waals surface area contributed by atoms with Gasteiger partial charge in [-0.3, -0.25) is 9.59 Å². The molecule has 1 unspecified atom stereocenters. The first-order chi connectivity index (χ1) is 6.60. The van der Waals surface area contributed by atoms with E-state index in [1.54, 1.807) is 6.92 Å². The molecule has 0 aromatic carbocycles. The zero-order valence-corrected chi connectivity index (χ0v) is 8.04. The molecule has 0 radical (unpaired) electrons. The number of carbonyl (C=O) groups is 2. The van der Waals surface area contributed by atoms with Gasteiger partial charge in [0.15, 0.2) is 0 Å². The SMILES string of the molecule is CC(C#N)CNC(=O)CNC(=O)CN. The Morgan fingerprint density at radius 2 is 2.07 bits per heavy atom. The highest BCUT2D eigenvalue weighted by molar-refractivity contribution is 5.85. The van der Waals surface area contributed by atoms with E-state index in [1.807, 2.05) is 6.07 Å². The quantitative estimate of drug-likeness (QED) is 0.491. The molecule has 0 saturated carbocycles. The van der Waals surface area contributed by atoms with Crippen molar-refractivity contribution in [3.63, 3.8) is 0 Å². The summed E-state index contributed by atoms with van der Waals surface area (Å²) in [5.41, 5.74) is 5.02. The Labute approximate surface area is 82.4 Å². The zero-order chi connectivity index (χ0) is 11.0. The molecule has 0 bridgehead atoms. The maximum Gasteiger partial charge on any atom is 0.239 e. The minimum Gasteiger partial charge on any atom is -0.353 e. The van der Waals surface area contributed by atoms with Gasteiger partial charge in [0.2, 0.25) is 11.8 Å². The lowest BCUT2D eigenvalue weighted by Gasteiger charge is -2.06. The van der Waals surface area contributed by atoms with Crippen molar-refractivity contribution in [1.29, 1.82) is 5.26 Å². The summed E-state index contributed by atoms with van der Waals surface area (Å²) in [6.45, 7) is 1.74. The second-order valence-corrected chi connectivity index (χ2v) is 2.82. The Morgan fingerprint density at radius 3 is 2.57 bits per heavy atom. The van der Waals surface area contributed by atoms with Gasteiger partial charge in [-0.05, 0) is 6.92 Å². The molecule has 0 rings (SSSR count). The average Bonchev–Trinajstić information content (AvgIpc) is 2.22. The highest BCUT2D eigenvalue weighted by Crippen LogP contribution is 1.86. The molecule has 0 aliphatic heterocycles. The van der Waals surface area contributed by atoms with Crippen molar-refractivity contribution in [2.75, 3.05) is 19.6 Å². The molecule has 0 aromatic heterocycles. The number of rotatable bonds is 5. The summed E-state index contributed by atoms with van der Waals surface area (Å²) in [6, 6.07) is 1.97. The van der Waals surface area contributed by atoms with E-state index in [-0.39, 0.29) is 37.4 Å². The predicted octanol–water partition coefficient (Wildman–Crippen LogP) is -1.66. The minimum absolute atomic E-state index is 0.103. The second kappa shape index (κ2) is 6.86. The summed E-state index contributed by atoms with van der Waals surface area (Å²) in [7, 11) is 0. The third-order valence-electron chi connectivity index (χ3n) is 1.46. The van der Waals surface area contributed by atoms with E-state index in [0.29, 0.717) is 0 Å². The Kier molecular flexibility index (Phi) is 6.07. The molecule has 0 saturated heterocycles. The van der Waals surface area contributed by atoms with Gasteiger partial charge >= 0.3 is 0 Å². The molecule has 0 aromatic rings. The van der Waals surface area contributed by atoms with Crippen molar-refractivity contribution in [3.05, 3.63) is 0 Å². The van der Waals surface area contributed by atoms with Crippen LogP contribution in [0, 0.1) is 17.2 Å². The molecule has 0 aliphatic carbocycles. The number of nitrogens with one attached hydrogen (secondary N) is 2. The van der Waals surface area contributed by atoms with E-state index < -0.39 is 0 Å². The van der Waals surface area contributed by atoms with Crippen LogP contribution in [-0.4, -0.2) is 31.4 Å². The fourth-order valence-electron chi connectivity index (χ4n) is 0.626. The van der Waals surface area contributed by atoms with Crippen molar-refractivity contribution < 1.29 is 9.59 Å².